The van der Waals surface area contributed by atoms with Gasteiger partial charge >= 0.3 is 0 Å². The van der Waals surface area contributed by atoms with Gasteiger partial charge in [-0.1, -0.05) is 37.0 Å². The topological polar surface area (TPSA) is 62.2 Å². The van der Waals surface area contributed by atoms with Crippen molar-refractivity contribution < 1.29 is 4.79 Å². The van der Waals surface area contributed by atoms with E-state index >= 15 is 0 Å². The molecule has 1 amide bonds. The molecule has 0 spiro atoms. The molecule has 3 heterocycles. The second kappa shape index (κ2) is 7.76. The summed E-state index contributed by atoms with van der Waals surface area (Å²) in [6.45, 7) is 8.67. The molecule has 1 fully saturated rings. The minimum absolute atomic E-state index is 0.195. The fraction of sp³-hybridized carbons (Fsp3) is 0.444. The lowest BCUT2D eigenvalue weighted by atomic mass is 10.2. The van der Waals surface area contributed by atoms with Crippen molar-refractivity contribution in [1.82, 2.24) is 19.9 Å². The van der Waals surface area contributed by atoms with Crippen LogP contribution < -0.4 is 4.90 Å². The molecule has 2 aromatic rings. The predicted molar refractivity (Wildman–Crippen MR) is 103 cm³/mol. The minimum atomic E-state index is -0.195. The van der Waals surface area contributed by atoms with Crippen LogP contribution in [0.3, 0.4) is 0 Å². The maximum atomic E-state index is 12.7. The van der Waals surface area contributed by atoms with Crippen molar-refractivity contribution in [2.45, 2.75) is 26.7 Å². The van der Waals surface area contributed by atoms with Crippen molar-refractivity contribution >= 4 is 34.9 Å². The fourth-order valence-electron chi connectivity index (χ4n) is 2.85. The molecule has 0 N–H and O–H groups in total. The Morgan fingerprint density at radius 1 is 1.08 bits per heavy atom. The zero-order chi connectivity index (χ0) is 18.8. The molecule has 3 rings (SSSR count). The van der Waals surface area contributed by atoms with Crippen molar-refractivity contribution in [3.63, 3.8) is 0 Å². The number of carbonyl (C=O) groups is 1. The molecule has 0 bridgehead atoms. The Balaban J connectivity index is 1.71. The number of anilines is 1. The molecule has 0 aliphatic carbocycles. The van der Waals surface area contributed by atoms with Crippen molar-refractivity contribution in [3.8, 4) is 0 Å². The Labute approximate surface area is 163 Å². The first-order valence-corrected chi connectivity index (χ1v) is 9.32. The van der Waals surface area contributed by atoms with Gasteiger partial charge in [-0.3, -0.25) is 4.79 Å². The number of pyridine rings is 1. The number of aromatic nitrogens is 3. The van der Waals surface area contributed by atoms with Crippen LogP contribution in [0, 0.1) is 6.92 Å². The predicted octanol–water partition coefficient (Wildman–Crippen LogP) is 3.57. The maximum absolute atomic E-state index is 12.7. The summed E-state index contributed by atoms with van der Waals surface area (Å²) in [4.78, 5) is 29.9. The highest BCUT2D eigenvalue weighted by atomic mass is 35.5. The number of aryl methyl sites for hydroxylation is 1. The van der Waals surface area contributed by atoms with Crippen molar-refractivity contribution in [1.29, 1.82) is 0 Å². The van der Waals surface area contributed by atoms with Gasteiger partial charge < -0.3 is 9.80 Å². The normalized spacial score (nSPS) is 14.8. The number of nitrogens with zero attached hydrogens (tertiary/aromatic N) is 5. The number of amides is 1. The third-order valence-electron chi connectivity index (χ3n) is 4.28. The van der Waals surface area contributed by atoms with Gasteiger partial charge in [0.05, 0.1) is 5.02 Å². The molecule has 0 atom stereocenters. The quantitative estimate of drug-likeness (QED) is 0.745. The van der Waals surface area contributed by atoms with Gasteiger partial charge in [-0.25, -0.2) is 15.0 Å². The number of piperazine rings is 1. The van der Waals surface area contributed by atoms with Crippen LogP contribution in [-0.4, -0.2) is 51.9 Å². The first-order chi connectivity index (χ1) is 12.3. The van der Waals surface area contributed by atoms with Gasteiger partial charge in [-0.05, 0) is 19.1 Å². The molecule has 0 aromatic carbocycles. The summed E-state index contributed by atoms with van der Waals surface area (Å²) in [6.07, 6.45) is 0. The van der Waals surface area contributed by atoms with Crippen LogP contribution in [0.25, 0.3) is 0 Å². The Morgan fingerprint density at radius 3 is 2.42 bits per heavy atom. The molecule has 2 aromatic heterocycles. The van der Waals surface area contributed by atoms with E-state index in [1.54, 1.807) is 17.0 Å². The van der Waals surface area contributed by atoms with E-state index in [1.165, 1.54) is 0 Å². The first kappa shape index (κ1) is 18.9. The summed E-state index contributed by atoms with van der Waals surface area (Å²) < 4.78 is 0. The lowest BCUT2D eigenvalue weighted by Crippen LogP contribution is -2.49. The number of carbonyl (C=O) groups excluding carboxylic acids is 1. The van der Waals surface area contributed by atoms with Crippen LogP contribution in [0.1, 0.15) is 41.8 Å². The smallest absolute Gasteiger partial charge is 0.274 e. The number of rotatable bonds is 3. The van der Waals surface area contributed by atoms with Crippen LogP contribution >= 0.6 is 23.2 Å². The highest BCUT2D eigenvalue weighted by Gasteiger charge is 2.26. The van der Waals surface area contributed by atoms with Gasteiger partial charge in [0.15, 0.2) is 0 Å². The molecule has 1 aliphatic heterocycles. The summed E-state index contributed by atoms with van der Waals surface area (Å²) in [5, 5.41) is 0.573. The standard InChI is InChI=1S/C18H21Cl2N5O/c1-11(2)17-21-12(3)10-15(23-17)24-6-8-25(9-7-24)18(26)16-13(19)4-5-14(20)22-16/h4-5,10-11H,6-9H2,1-3H3. The number of hydrogen-bond acceptors (Lipinski definition) is 5. The second-order valence-corrected chi connectivity index (χ2v) is 7.42. The minimum Gasteiger partial charge on any atom is -0.353 e. The van der Waals surface area contributed by atoms with Crippen LogP contribution in [0.5, 0.6) is 0 Å². The van der Waals surface area contributed by atoms with Gasteiger partial charge in [0, 0.05) is 43.9 Å². The highest BCUT2D eigenvalue weighted by molar-refractivity contribution is 6.34. The van der Waals surface area contributed by atoms with Crippen molar-refractivity contribution in [3.05, 3.63) is 45.6 Å². The van der Waals surface area contributed by atoms with Crippen LogP contribution in [-0.2, 0) is 0 Å². The van der Waals surface area contributed by atoms with E-state index in [-0.39, 0.29) is 22.7 Å². The van der Waals surface area contributed by atoms with Gasteiger partial charge in [-0.2, -0.15) is 0 Å². The average Bonchev–Trinajstić information content (AvgIpc) is 2.62. The SMILES string of the molecule is Cc1cc(N2CCN(C(=O)c3nc(Cl)ccc3Cl)CC2)nc(C(C)C)n1. The first-order valence-electron chi connectivity index (χ1n) is 8.57. The molecule has 138 valence electrons. The summed E-state index contributed by atoms with van der Waals surface area (Å²) in [7, 11) is 0. The van der Waals surface area contributed by atoms with Crippen LogP contribution in [0.4, 0.5) is 5.82 Å². The van der Waals surface area contributed by atoms with Crippen molar-refractivity contribution in [2.75, 3.05) is 31.1 Å². The molecule has 0 saturated carbocycles. The summed E-state index contributed by atoms with van der Waals surface area (Å²) >= 11 is 12.0. The van der Waals surface area contributed by atoms with E-state index in [4.69, 9.17) is 23.2 Å². The number of hydrogen-bond donors (Lipinski definition) is 0. The molecule has 1 aliphatic rings. The Morgan fingerprint density at radius 2 is 1.77 bits per heavy atom. The van der Waals surface area contributed by atoms with Gasteiger partial charge in [0.25, 0.3) is 5.91 Å². The molecule has 8 heteroatoms. The van der Waals surface area contributed by atoms with Crippen molar-refractivity contribution in [2.24, 2.45) is 0 Å². The third kappa shape index (κ3) is 4.07. The molecule has 6 nitrogen and oxygen atoms in total. The summed E-state index contributed by atoms with van der Waals surface area (Å²) in [6, 6.07) is 5.15. The van der Waals surface area contributed by atoms with E-state index in [9.17, 15) is 4.79 Å². The average molecular weight is 394 g/mol. The lowest BCUT2D eigenvalue weighted by molar-refractivity contribution is 0.0741. The van der Waals surface area contributed by atoms with Gasteiger partial charge in [0.2, 0.25) is 0 Å². The lowest BCUT2D eigenvalue weighted by Gasteiger charge is -2.35. The van der Waals surface area contributed by atoms with Gasteiger partial charge in [-0.15, -0.1) is 0 Å². The molecular formula is C18H21Cl2N5O. The largest absolute Gasteiger partial charge is 0.353 e. The monoisotopic (exact) mass is 393 g/mol. The van der Waals surface area contributed by atoms with Crippen LogP contribution in [0.2, 0.25) is 10.2 Å². The van der Waals surface area contributed by atoms with E-state index in [0.29, 0.717) is 31.2 Å². The number of halogens is 2. The van der Waals surface area contributed by atoms with Crippen LogP contribution in [0.15, 0.2) is 18.2 Å². The molecule has 0 radical (unpaired) electrons. The van der Waals surface area contributed by atoms with E-state index < -0.39 is 0 Å². The summed E-state index contributed by atoms with van der Waals surface area (Å²) in [5.74, 6) is 1.83. The highest BCUT2D eigenvalue weighted by Crippen LogP contribution is 2.21. The third-order valence-corrected chi connectivity index (χ3v) is 4.80. The zero-order valence-corrected chi connectivity index (χ0v) is 16.5. The van der Waals surface area contributed by atoms with E-state index in [1.807, 2.05) is 13.0 Å². The van der Waals surface area contributed by atoms with Gasteiger partial charge in [0.1, 0.15) is 22.5 Å². The Bertz CT molecular complexity index is 819. The summed E-state index contributed by atoms with van der Waals surface area (Å²) in [5.41, 5.74) is 1.15. The zero-order valence-electron chi connectivity index (χ0n) is 15.0. The van der Waals surface area contributed by atoms with E-state index in [2.05, 4.69) is 33.7 Å². The molecule has 1 saturated heterocycles. The maximum Gasteiger partial charge on any atom is 0.274 e. The fourth-order valence-corrected chi connectivity index (χ4v) is 3.18. The molecular weight excluding hydrogens is 373 g/mol. The Hall–Kier alpha value is -1.92. The van der Waals surface area contributed by atoms with E-state index in [0.717, 1.165) is 17.3 Å². The second-order valence-electron chi connectivity index (χ2n) is 6.62. The molecule has 26 heavy (non-hydrogen) atoms. The molecule has 0 unspecified atom stereocenters. The Kier molecular flexibility index (Phi) is 5.63.